The molecule has 0 radical (unpaired) electrons. The van der Waals surface area contributed by atoms with E-state index in [-0.39, 0.29) is 5.82 Å². The Labute approximate surface area is 124 Å². The lowest BCUT2D eigenvalue weighted by molar-refractivity contribution is 0.376. The van der Waals surface area contributed by atoms with Crippen molar-refractivity contribution in [2.75, 3.05) is 18.6 Å². The highest BCUT2D eigenvalue weighted by molar-refractivity contribution is 7.99. The van der Waals surface area contributed by atoms with Gasteiger partial charge in [0.25, 0.3) is 0 Å². The molecule has 0 spiro atoms. The quantitative estimate of drug-likeness (QED) is 0.877. The van der Waals surface area contributed by atoms with Crippen LogP contribution in [0.4, 0.5) is 4.39 Å². The zero-order chi connectivity index (χ0) is 13.7. The zero-order valence-electron chi connectivity index (χ0n) is 11.3. The molecular formula is C15H21ClFNS. The standard InChI is InChI=1S/C15H21ClFNS/c1-18-14(8-11-4-6-19-7-5-11)10-12-9-13(17)2-3-15(12)16/h2-3,9,11,14,18H,4-8,10H2,1H3. The van der Waals surface area contributed by atoms with Crippen molar-refractivity contribution in [1.29, 1.82) is 0 Å². The maximum atomic E-state index is 13.3. The number of likely N-dealkylation sites (N-methyl/N-ethyl adjacent to an activating group) is 1. The Balaban J connectivity index is 1.95. The zero-order valence-corrected chi connectivity index (χ0v) is 12.9. The number of nitrogens with one attached hydrogen (secondary N) is 1. The molecule has 19 heavy (non-hydrogen) atoms. The number of hydrogen-bond acceptors (Lipinski definition) is 2. The van der Waals surface area contributed by atoms with E-state index >= 15 is 0 Å². The summed E-state index contributed by atoms with van der Waals surface area (Å²) in [6.07, 6.45) is 4.57. The fourth-order valence-electron chi connectivity index (χ4n) is 2.65. The minimum atomic E-state index is -0.205. The summed E-state index contributed by atoms with van der Waals surface area (Å²) in [6, 6.07) is 5.01. The van der Waals surface area contributed by atoms with Crippen LogP contribution in [0.15, 0.2) is 18.2 Å². The minimum Gasteiger partial charge on any atom is -0.317 e. The van der Waals surface area contributed by atoms with Gasteiger partial charge in [0.15, 0.2) is 0 Å². The minimum absolute atomic E-state index is 0.205. The van der Waals surface area contributed by atoms with Crippen LogP contribution in [0.2, 0.25) is 5.02 Å². The summed E-state index contributed by atoms with van der Waals surface area (Å²) >= 11 is 8.19. The van der Waals surface area contributed by atoms with Gasteiger partial charge in [0.05, 0.1) is 0 Å². The third-order valence-corrected chi connectivity index (χ3v) is 5.26. The van der Waals surface area contributed by atoms with E-state index in [0.29, 0.717) is 11.1 Å². The molecule has 2 rings (SSSR count). The van der Waals surface area contributed by atoms with Crippen LogP contribution in [0.3, 0.4) is 0 Å². The van der Waals surface area contributed by atoms with Gasteiger partial charge in [0.2, 0.25) is 0 Å². The molecule has 1 fully saturated rings. The summed E-state index contributed by atoms with van der Waals surface area (Å²) in [7, 11) is 1.98. The Hall–Kier alpha value is -0.250. The third kappa shape index (κ3) is 4.66. The molecular weight excluding hydrogens is 281 g/mol. The highest BCUT2D eigenvalue weighted by Crippen LogP contribution is 2.28. The topological polar surface area (TPSA) is 12.0 Å². The van der Waals surface area contributed by atoms with Crippen molar-refractivity contribution in [3.05, 3.63) is 34.6 Å². The van der Waals surface area contributed by atoms with Crippen molar-refractivity contribution in [2.45, 2.75) is 31.7 Å². The van der Waals surface area contributed by atoms with Crippen molar-refractivity contribution < 1.29 is 4.39 Å². The van der Waals surface area contributed by atoms with Crippen molar-refractivity contribution in [3.63, 3.8) is 0 Å². The van der Waals surface area contributed by atoms with Crippen LogP contribution >= 0.6 is 23.4 Å². The molecule has 1 atom stereocenters. The summed E-state index contributed by atoms with van der Waals surface area (Å²) in [5.74, 6) is 3.15. The van der Waals surface area contributed by atoms with E-state index in [2.05, 4.69) is 17.1 Å². The number of thioether (sulfide) groups is 1. The van der Waals surface area contributed by atoms with Gasteiger partial charge in [0, 0.05) is 11.1 Å². The molecule has 0 bridgehead atoms. The number of rotatable bonds is 5. The fraction of sp³-hybridized carbons (Fsp3) is 0.600. The van der Waals surface area contributed by atoms with Gasteiger partial charge in [-0.25, -0.2) is 4.39 Å². The number of hydrogen-bond donors (Lipinski definition) is 1. The first kappa shape index (κ1) is 15.1. The summed E-state index contributed by atoms with van der Waals surface area (Å²) in [5, 5.41) is 4.02. The largest absolute Gasteiger partial charge is 0.317 e. The fourth-order valence-corrected chi connectivity index (χ4v) is 4.05. The van der Waals surface area contributed by atoms with Crippen LogP contribution in [-0.4, -0.2) is 24.6 Å². The predicted molar refractivity (Wildman–Crippen MR) is 82.6 cm³/mol. The molecule has 0 saturated carbocycles. The van der Waals surface area contributed by atoms with Gasteiger partial charge in [-0.1, -0.05) is 11.6 Å². The lowest BCUT2D eigenvalue weighted by Gasteiger charge is -2.26. The molecule has 106 valence electrons. The highest BCUT2D eigenvalue weighted by Gasteiger charge is 2.19. The van der Waals surface area contributed by atoms with Crippen molar-refractivity contribution in [2.24, 2.45) is 5.92 Å². The first-order chi connectivity index (χ1) is 9.19. The molecule has 1 unspecified atom stereocenters. The van der Waals surface area contributed by atoms with E-state index in [0.717, 1.165) is 24.3 Å². The molecule has 4 heteroatoms. The Morgan fingerprint density at radius 1 is 1.42 bits per heavy atom. The first-order valence-corrected chi connectivity index (χ1v) is 8.41. The van der Waals surface area contributed by atoms with Crippen molar-refractivity contribution in [3.8, 4) is 0 Å². The number of benzene rings is 1. The second kappa shape index (κ2) is 7.51. The summed E-state index contributed by atoms with van der Waals surface area (Å²) in [6.45, 7) is 0. The lowest BCUT2D eigenvalue weighted by atomic mass is 9.91. The van der Waals surface area contributed by atoms with Crippen LogP contribution in [0.5, 0.6) is 0 Å². The third-order valence-electron chi connectivity index (χ3n) is 3.84. The highest BCUT2D eigenvalue weighted by atomic mass is 35.5. The molecule has 1 N–H and O–H groups in total. The smallest absolute Gasteiger partial charge is 0.123 e. The molecule has 1 aromatic rings. The second-order valence-electron chi connectivity index (χ2n) is 5.22. The van der Waals surface area contributed by atoms with E-state index in [1.807, 2.05) is 7.05 Å². The van der Waals surface area contributed by atoms with Crippen LogP contribution in [0.25, 0.3) is 0 Å². The maximum absolute atomic E-state index is 13.3. The second-order valence-corrected chi connectivity index (χ2v) is 6.85. The predicted octanol–water partition coefficient (Wildman–Crippen LogP) is 4.14. The molecule has 1 nitrogen and oxygen atoms in total. The Kier molecular flexibility index (Phi) is 5.99. The molecule has 1 aliphatic heterocycles. The lowest BCUT2D eigenvalue weighted by Crippen LogP contribution is -2.31. The van der Waals surface area contributed by atoms with E-state index in [9.17, 15) is 4.39 Å². The summed E-state index contributed by atoms with van der Waals surface area (Å²) in [4.78, 5) is 0. The van der Waals surface area contributed by atoms with Crippen molar-refractivity contribution >= 4 is 23.4 Å². The normalized spacial score (nSPS) is 18.5. The number of halogens is 2. The molecule has 1 heterocycles. The molecule has 0 aromatic heterocycles. The van der Waals surface area contributed by atoms with Gasteiger partial charge in [-0.3, -0.25) is 0 Å². The monoisotopic (exact) mass is 301 g/mol. The van der Waals surface area contributed by atoms with E-state index in [1.165, 1.54) is 30.4 Å². The first-order valence-electron chi connectivity index (χ1n) is 6.88. The van der Waals surface area contributed by atoms with E-state index in [1.54, 1.807) is 12.1 Å². The molecule has 1 saturated heterocycles. The molecule has 1 aromatic carbocycles. The van der Waals surface area contributed by atoms with Crippen LogP contribution in [0, 0.1) is 11.7 Å². The maximum Gasteiger partial charge on any atom is 0.123 e. The van der Waals surface area contributed by atoms with Crippen molar-refractivity contribution in [1.82, 2.24) is 5.32 Å². The van der Waals surface area contributed by atoms with E-state index < -0.39 is 0 Å². The average Bonchev–Trinajstić information content (AvgIpc) is 2.43. The Morgan fingerprint density at radius 3 is 2.84 bits per heavy atom. The molecule has 1 aliphatic rings. The van der Waals surface area contributed by atoms with Crippen LogP contribution in [-0.2, 0) is 6.42 Å². The SMILES string of the molecule is CNC(Cc1cc(F)ccc1Cl)CC1CCSCC1. The van der Waals surface area contributed by atoms with Crippen LogP contribution < -0.4 is 5.32 Å². The van der Waals surface area contributed by atoms with Gasteiger partial charge < -0.3 is 5.32 Å². The van der Waals surface area contributed by atoms with Crippen LogP contribution in [0.1, 0.15) is 24.8 Å². The summed E-state index contributed by atoms with van der Waals surface area (Å²) in [5.41, 5.74) is 0.909. The molecule has 0 amide bonds. The average molecular weight is 302 g/mol. The van der Waals surface area contributed by atoms with Gasteiger partial charge in [0.1, 0.15) is 5.82 Å². The van der Waals surface area contributed by atoms with Gasteiger partial charge >= 0.3 is 0 Å². The van der Waals surface area contributed by atoms with E-state index in [4.69, 9.17) is 11.6 Å². The Morgan fingerprint density at radius 2 is 2.16 bits per heavy atom. The van der Waals surface area contributed by atoms with Gasteiger partial charge in [-0.05, 0) is 73.9 Å². The summed E-state index contributed by atoms with van der Waals surface area (Å²) < 4.78 is 13.3. The van der Waals surface area contributed by atoms with Gasteiger partial charge in [-0.2, -0.15) is 11.8 Å². The van der Waals surface area contributed by atoms with Gasteiger partial charge in [-0.15, -0.1) is 0 Å². The Bertz CT molecular complexity index is 407. The molecule has 0 aliphatic carbocycles.